The molecule has 3 rings (SSSR count). The number of carbonyl (C=O) groups is 1. The molecule has 0 radical (unpaired) electrons. The Balaban J connectivity index is 1.82. The van der Waals surface area contributed by atoms with Crippen LogP contribution in [0.1, 0.15) is 10.6 Å². The van der Waals surface area contributed by atoms with Crippen LogP contribution in [0.5, 0.6) is 5.75 Å². The minimum absolute atomic E-state index is 0.0222. The van der Waals surface area contributed by atoms with Crippen molar-refractivity contribution < 1.29 is 19.2 Å². The molecule has 0 atom stereocenters. The van der Waals surface area contributed by atoms with Gasteiger partial charge < -0.3 is 14.8 Å². The number of nitro benzene ring substituents is 1. The zero-order chi connectivity index (χ0) is 18.8. The van der Waals surface area contributed by atoms with Crippen LogP contribution in [0.4, 0.5) is 11.4 Å². The number of nitro groups is 1. The summed E-state index contributed by atoms with van der Waals surface area (Å²) in [5, 5.41) is 23.2. The van der Waals surface area contributed by atoms with Crippen LogP contribution in [0.25, 0.3) is 11.3 Å². The fourth-order valence-electron chi connectivity index (χ4n) is 2.22. The van der Waals surface area contributed by atoms with Crippen molar-refractivity contribution in [2.75, 3.05) is 5.32 Å². The van der Waals surface area contributed by atoms with E-state index in [1.807, 2.05) is 0 Å². The lowest BCUT2D eigenvalue weighted by molar-refractivity contribution is -0.384. The minimum Gasteiger partial charge on any atom is -0.506 e. The average Bonchev–Trinajstić information content (AvgIpc) is 3.10. The molecular formula is C17H10Br2N2O5. The molecule has 1 amide bonds. The largest absolute Gasteiger partial charge is 0.506 e. The van der Waals surface area contributed by atoms with Gasteiger partial charge in [0.15, 0.2) is 5.76 Å². The first kappa shape index (κ1) is 18.2. The summed E-state index contributed by atoms with van der Waals surface area (Å²) in [6.07, 6.45) is 0. The second-order valence-electron chi connectivity index (χ2n) is 5.21. The number of benzene rings is 2. The van der Waals surface area contributed by atoms with Crippen LogP contribution < -0.4 is 5.32 Å². The Kier molecular flexibility index (Phi) is 5.10. The van der Waals surface area contributed by atoms with Gasteiger partial charge >= 0.3 is 0 Å². The summed E-state index contributed by atoms with van der Waals surface area (Å²) in [5.74, 6) is -0.0844. The Morgan fingerprint density at radius 3 is 2.46 bits per heavy atom. The number of hydrogen-bond donors (Lipinski definition) is 2. The molecule has 7 nitrogen and oxygen atoms in total. The number of non-ortho nitro benzene ring substituents is 1. The maximum Gasteiger partial charge on any atom is 0.291 e. The van der Waals surface area contributed by atoms with Gasteiger partial charge in [-0.05, 0) is 56.1 Å². The van der Waals surface area contributed by atoms with Gasteiger partial charge in [-0.15, -0.1) is 0 Å². The monoisotopic (exact) mass is 480 g/mol. The summed E-state index contributed by atoms with van der Waals surface area (Å²) in [6, 6.07) is 12.1. The zero-order valence-electron chi connectivity index (χ0n) is 12.9. The molecule has 0 aliphatic carbocycles. The van der Waals surface area contributed by atoms with Gasteiger partial charge in [0.25, 0.3) is 11.6 Å². The topological polar surface area (TPSA) is 106 Å². The third-order valence-corrected chi connectivity index (χ3v) is 4.66. The quantitative estimate of drug-likeness (QED) is 0.297. The summed E-state index contributed by atoms with van der Waals surface area (Å²) in [7, 11) is 0. The van der Waals surface area contributed by atoms with E-state index in [2.05, 4.69) is 37.2 Å². The Labute approximate surface area is 164 Å². The van der Waals surface area contributed by atoms with Crippen molar-refractivity contribution >= 4 is 49.1 Å². The van der Waals surface area contributed by atoms with E-state index in [0.29, 0.717) is 26.0 Å². The fourth-order valence-corrected chi connectivity index (χ4v) is 3.40. The van der Waals surface area contributed by atoms with E-state index in [1.54, 1.807) is 30.3 Å². The van der Waals surface area contributed by atoms with Gasteiger partial charge in [-0.3, -0.25) is 14.9 Å². The summed E-state index contributed by atoms with van der Waals surface area (Å²) in [4.78, 5) is 22.7. The van der Waals surface area contributed by atoms with E-state index in [9.17, 15) is 20.0 Å². The number of nitrogens with one attached hydrogen (secondary N) is 1. The van der Waals surface area contributed by atoms with Gasteiger partial charge in [0.1, 0.15) is 11.5 Å². The molecule has 0 spiro atoms. The molecule has 0 saturated heterocycles. The standard InChI is InChI=1S/C17H10Br2N2O5/c18-12-7-10(8-13(19)16(12)22)20-17(23)15-5-4-14(26-15)9-2-1-3-11(6-9)21(24)25/h1-8,22H,(H,20,23). The predicted octanol–water partition coefficient (Wildman–Crippen LogP) is 5.34. The van der Waals surface area contributed by atoms with Gasteiger partial charge in [-0.2, -0.15) is 0 Å². The highest BCUT2D eigenvalue weighted by atomic mass is 79.9. The van der Waals surface area contributed by atoms with Crippen molar-refractivity contribution in [3.63, 3.8) is 0 Å². The average molecular weight is 482 g/mol. The number of hydrogen-bond acceptors (Lipinski definition) is 5. The highest BCUT2D eigenvalue weighted by Crippen LogP contribution is 2.35. The van der Waals surface area contributed by atoms with Crippen molar-refractivity contribution in [1.29, 1.82) is 0 Å². The SMILES string of the molecule is O=C(Nc1cc(Br)c(O)c(Br)c1)c1ccc(-c2cccc([N+](=O)[O-])c2)o1. The first-order chi connectivity index (χ1) is 12.3. The molecule has 1 aromatic heterocycles. The third-order valence-electron chi connectivity index (χ3n) is 3.45. The van der Waals surface area contributed by atoms with Crippen molar-refractivity contribution in [1.82, 2.24) is 0 Å². The highest BCUT2D eigenvalue weighted by molar-refractivity contribution is 9.11. The number of furan rings is 1. The molecule has 0 fully saturated rings. The van der Waals surface area contributed by atoms with Crippen molar-refractivity contribution in [3.05, 3.63) is 73.4 Å². The number of nitrogens with zero attached hydrogens (tertiary/aromatic N) is 1. The lowest BCUT2D eigenvalue weighted by Crippen LogP contribution is -2.10. The summed E-state index contributed by atoms with van der Waals surface area (Å²) < 4.78 is 6.35. The highest BCUT2D eigenvalue weighted by Gasteiger charge is 2.15. The number of anilines is 1. The molecule has 2 aromatic carbocycles. The Bertz CT molecular complexity index is 993. The Morgan fingerprint density at radius 2 is 1.81 bits per heavy atom. The molecule has 3 aromatic rings. The van der Waals surface area contributed by atoms with Gasteiger partial charge in [0, 0.05) is 23.4 Å². The van der Waals surface area contributed by atoms with Gasteiger partial charge in [-0.25, -0.2) is 0 Å². The maximum atomic E-state index is 12.3. The summed E-state index contributed by atoms with van der Waals surface area (Å²) in [6.45, 7) is 0. The number of phenolic OH excluding ortho intramolecular Hbond substituents is 1. The van der Waals surface area contributed by atoms with Crippen LogP contribution in [0, 0.1) is 10.1 Å². The molecule has 2 N–H and O–H groups in total. The molecule has 132 valence electrons. The van der Waals surface area contributed by atoms with E-state index >= 15 is 0 Å². The maximum absolute atomic E-state index is 12.3. The number of aromatic hydroxyl groups is 1. The van der Waals surface area contributed by atoms with Gasteiger partial charge in [-0.1, -0.05) is 12.1 Å². The second-order valence-corrected chi connectivity index (χ2v) is 6.92. The Hall–Kier alpha value is -2.65. The molecule has 0 aliphatic heterocycles. The molecule has 26 heavy (non-hydrogen) atoms. The van der Waals surface area contributed by atoms with Crippen molar-refractivity contribution in [3.8, 4) is 17.1 Å². The summed E-state index contributed by atoms with van der Waals surface area (Å²) in [5.41, 5.74) is 0.872. The molecular weight excluding hydrogens is 472 g/mol. The molecule has 9 heteroatoms. The lowest BCUT2D eigenvalue weighted by atomic mass is 10.1. The van der Waals surface area contributed by atoms with E-state index in [1.165, 1.54) is 18.2 Å². The molecule has 0 saturated carbocycles. The van der Waals surface area contributed by atoms with Crippen LogP contribution in [-0.4, -0.2) is 15.9 Å². The number of phenols is 1. The first-order valence-corrected chi connectivity index (χ1v) is 8.78. The third kappa shape index (κ3) is 3.78. The summed E-state index contributed by atoms with van der Waals surface area (Å²) >= 11 is 6.37. The molecule has 0 unspecified atom stereocenters. The molecule has 0 bridgehead atoms. The van der Waals surface area contributed by atoms with Crippen LogP contribution >= 0.6 is 31.9 Å². The van der Waals surface area contributed by atoms with Crippen molar-refractivity contribution in [2.24, 2.45) is 0 Å². The number of carbonyl (C=O) groups excluding carboxylic acids is 1. The van der Waals surface area contributed by atoms with E-state index in [-0.39, 0.29) is 17.2 Å². The predicted molar refractivity (Wildman–Crippen MR) is 102 cm³/mol. The van der Waals surface area contributed by atoms with Crippen LogP contribution in [0.15, 0.2) is 61.9 Å². The van der Waals surface area contributed by atoms with Crippen LogP contribution in [0.2, 0.25) is 0 Å². The lowest BCUT2D eigenvalue weighted by Gasteiger charge is -2.07. The zero-order valence-corrected chi connectivity index (χ0v) is 16.1. The second kappa shape index (κ2) is 7.30. The number of rotatable bonds is 4. The minimum atomic E-state index is -0.499. The van der Waals surface area contributed by atoms with Crippen LogP contribution in [0.3, 0.4) is 0 Å². The van der Waals surface area contributed by atoms with E-state index in [0.717, 1.165) is 0 Å². The van der Waals surface area contributed by atoms with Crippen molar-refractivity contribution in [2.45, 2.75) is 0 Å². The Morgan fingerprint density at radius 1 is 1.12 bits per heavy atom. The smallest absolute Gasteiger partial charge is 0.291 e. The number of amides is 1. The van der Waals surface area contributed by atoms with E-state index in [4.69, 9.17) is 4.42 Å². The van der Waals surface area contributed by atoms with E-state index < -0.39 is 10.8 Å². The molecule has 1 heterocycles. The van der Waals surface area contributed by atoms with Gasteiger partial charge in [0.05, 0.1) is 13.9 Å². The first-order valence-electron chi connectivity index (χ1n) is 7.19. The fraction of sp³-hybridized carbons (Fsp3) is 0. The van der Waals surface area contributed by atoms with Gasteiger partial charge in [0.2, 0.25) is 0 Å². The normalized spacial score (nSPS) is 10.5. The molecule has 0 aliphatic rings. The number of halogens is 2. The van der Waals surface area contributed by atoms with Crippen LogP contribution in [-0.2, 0) is 0 Å².